The van der Waals surface area contributed by atoms with E-state index in [4.69, 9.17) is 0 Å². The van der Waals surface area contributed by atoms with Gasteiger partial charge in [-0.1, -0.05) is 30.3 Å². The van der Waals surface area contributed by atoms with Gasteiger partial charge in [0.05, 0.1) is 16.1 Å². The highest BCUT2D eigenvalue weighted by atomic mass is 32.2. The van der Waals surface area contributed by atoms with Gasteiger partial charge >= 0.3 is 0 Å². The number of hydrogen-bond donors (Lipinski definition) is 1. The first kappa shape index (κ1) is 23.5. The molecule has 6 nitrogen and oxygen atoms in total. The average Bonchev–Trinajstić information content (AvgIpc) is 3.33. The molecule has 0 bridgehead atoms. The number of rotatable bonds is 7. The van der Waals surface area contributed by atoms with Gasteiger partial charge in [-0.05, 0) is 61.0 Å². The van der Waals surface area contributed by atoms with Crippen molar-refractivity contribution in [2.45, 2.75) is 25.2 Å². The van der Waals surface area contributed by atoms with Crippen LogP contribution in [-0.2, 0) is 16.4 Å². The Balaban J connectivity index is 1.44. The summed E-state index contributed by atoms with van der Waals surface area (Å²) in [5.74, 6) is -0.146. The highest BCUT2D eigenvalue weighted by Crippen LogP contribution is 2.24. The van der Waals surface area contributed by atoms with Crippen molar-refractivity contribution in [1.29, 1.82) is 0 Å². The molecular formula is C25H29N3O3S2. The van der Waals surface area contributed by atoms with E-state index < -0.39 is 10.0 Å². The molecule has 0 radical (unpaired) electrons. The minimum atomic E-state index is -3.82. The Labute approximate surface area is 199 Å². The maximum atomic E-state index is 13.3. The fourth-order valence-corrected chi connectivity index (χ4v) is 6.13. The van der Waals surface area contributed by atoms with E-state index in [9.17, 15) is 13.2 Å². The van der Waals surface area contributed by atoms with Crippen LogP contribution in [0.2, 0.25) is 0 Å². The third-order valence-corrected chi connectivity index (χ3v) is 8.39. The summed E-state index contributed by atoms with van der Waals surface area (Å²) in [6.07, 6.45) is 1.02. The van der Waals surface area contributed by atoms with E-state index in [1.807, 2.05) is 17.9 Å². The molecule has 0 atom stereocenters. The van der Waals surface area contributed by atoms with Crippen LogP contribution in [0.3, 0.4) is 0 Å². The van der Waals surface area contributed by atoms with Gasteiger partial charge < -0.3 is 4.90 Å². The number of anilines is 1. The summed E-state index contributed by atoms with van der Waals surface area (Å²) in [6, 6.07) is 16.4. The molecule has 2 aromatic carbocycles. The SMILES string of the molecule is Cc1ccc(C)c(S(=O)(=O)Nc2ccccc2C(=O)N2CCN(CCc3cccs3)CC2)c1. The van der Waals surface area contributed by atoms with Crippen LogP contribution in [0, 0.1) is 13.8 Å². The fraction of sp³-hybridized carbons (Fsp3) is 0.320. The molecule has 0 aliphatic carbocycles. The molecule has 8 heteroatoms. The largest absolute Gasteiger partial charge is 0.336 e. The lowest BCUT2D eigenvalue weighted by Crippen LogP contribution is -2.49. The predicted octanol–water partition coefficient (Wildman–Crippen LogP) is 4.17. The summed E-state index contributed by atoms with van der Waals surface area (Å²) in [6.45, 7) is 7.48. The van der Waals surface area contributed by atoms with Crippen LogP contribution in [-0.4, -0.2) is 56.8 Å². The van der Waals surface area contributed by atoms with Crippen LogP contribution >= 0.6 is 11.3 Å². The van der Waals surface area contributed by atoms with Crippen molar-refractivity contribution < 1.29 is 13.2 Å². The smallest absolute Gasteiger partial charge is 0.262 e. The van der Waals surface area contributed by atoms with Crippen molar-refractivity contribution in [3.63, 3.8) is 0 Å². The summed E-state index contributed by atoms with van der Waals surface area (Å²) >= 11 is 1.77. The Morgan fingerprint density at radius 2 is 1.76 bits per heavy atom. The minimum Gasteiger partial charge on any atom is -0.336 e. The number of thiophene rings is 1. The van der Waals surface area contributed by atoms with Gasteiger partial charge in [-0.25, -0.2) is 8.42 Å². The van der Waals surface area contributed by atoms with Gasteiger partial charge in [-0.3, -0.25) is 14.4 Å². The maximum Gasteiger partial charge on any atom is 0.262 e. The number of aryl methyl sites for hydroxylation is 2. The van der Waals surface area contributed by atoms with E-state index in [0.717, 1.165) is 31.6 Å². The lowest BCUT2D eigenvalue weighted by atomic mass is 10.1. The second-order valence-electron chi connectivity index (χ2n) is 8.38. The zero-order valence-electron chi connectivity index (χ0n) is 19.0. The first-order chi connectivity index (χ1) is 15.8. The van der Waals surface area contributed by atoms with Gasteiger partial charge in [-0.2, -0.15) is 0 Å². The second-order valence-corrected chi connectivity index (χ2v) is 11.1. The highest BCUT2D eigenvalue weighted by Gasteiger charge is 2.26. The van der Waals surface area contributed by atoms with Gasteiger partial charge in [-0.15, -0.1) is 11.3 Å². The molecule has 1 aliphatic rings. The number of nitrogens with zero attached hydrogens (tertiary/aromatic N) is 2. The van der Waals surface area contributed by atoms with Gasteiger partial charge in [0, 0.05) is 37.6 Å². The summed E-state index contributed by atoms with van der Waals surface area (Å²) in [5, 5.41) is 2.10. The number of para-hydroxylation sites is 1. The van der Waals surface area contributed by atoms with Crippen LogP contribution in [0.1, 0.15) is 26.4 Å². The molecular weight excluding hydrogens is 454 g/mol. The topological polar surface area (TPSA) is 69.7 Å². The van der Waals surface area contributed by atoms with Crippen molar-refractivity contribution >= 4 is 33.0 Å². The molecule has 2 heterocycles. The van der Waals surface area contributed by atoms with Gasteiger partial charge in [0.2, 0.25) is 0 Å². The Morgan fingerprint density at radius 3 is 2.48 bits per heavy atom. The molecule has 33 heavy (non-hydrogen) atoms. The van der Waals surface area contributed by atoms with E-state index in [1.54, 1.807) is 54.7 Å². The molecule has 1 saturated heterocycles. The van der Waals surface area contributed by atoms with Crippen LogP contribution < -0.4 is 4.72 Å². The first-order valence-electron chi connectivity index (χ1n) is 11.1. The van der Waals surface area contributed by atoms with Crippen molar-refractivity contribution in [3.8, 4) is 0 Å². The third kappa shape index (κ3) is 5.63. The first-order valence-corrected chi connectivity index (χ1v) is 13.4. The Morgan fingerprint density at radius 1 is 1.00 bits per heavy atom. The number of benzene rings is 2. The molecule has 1 N–H and O–H groups in total. The Hall–Kier alpha value is -2.68. The molecule has 1 aliphatic heterocycles. The minimum absolute atomic E-state index is 0.146. The van der Waals surface area contributed by atoms with Crippen LogP contribution in [0.25, 0.3) is 0 Å². The van der Waals surface area contributed by atoms with E-state index in [2.05, 4.69) is 27.1 Å². The van der Waals surface area contributed by atoms with Crippen molar-refractivity contribution in [2.24, 2.45) is 0 Å². The number of hydrogen-bond acceptors (Lipinski definition) is 5. The van der Waals surface area contributed by atoms with Gasteiger partial charge in [0.1, 0.15) is 0 Å². The van der Waals surface area contributed by atoms with Crippen LogP contribution in [0.5, 0.6) is 0 Å². The number of carbonyl (C=O) groups is 1. The second kappa shape index (κ2) is 10.1. The number of carbonyl (C=O) groups excluding carboxylic acids is 1. The van der Waals surface area contributed by atoms with Crippen LogP contribution in [0.15, 0.2) is 64.9 Å². The molecule has 4 rings (SSSR count). The number of nitrogens with one attached hydrogen (secondary N) is 1. The standard InChI is InChI=1S/C25H29N3O3S2/c1-19-9-10-20(2)24(18-19)33(30,31)26-23-8-4-3-7-22(23)25(29)28-15-13-27(14-16-28)12-11-21-6-5-17-32-21/h3-10,17-18,26H,11-16H2,1-2H3. The third-order valence-electron chi connectivity index (χ3n) is 5.95. The van der Waals surface area contributed by atoms with E-state index in [0.29, 0.717) is 29.9 Å². The molecule has 0 unspecified atom stereocenters. The van der Waals surface area contributed by atoms with Crippen LogP contribution in [0.4, 0.5) is 5.69 Å². The zero-order valence-corrected chi connectivity index (χ0v) is 20.6. The highest BCUT2D eigenvalue weighted by molar-refractivity contribution is 7.92. The molecule has 1 amide bonds. The van der Waals surface area contributed by atoms with E-state index in [-0.39, 0.29) is 10.8 Å². The molecule has 3 aromatic rings. The van der Waals surface area contributed by atoms with Crippen molar-refractivity contribution in [2.75, 3.05) is 37.4 Å². The normalized spacial score (nSPS) is 14.9. The van der Waals surface area contributed by atoms with Gasteiger partial charge in [0.25, 0.3) is 15.9 Å². The Kier molecular flexibility index (Phi) is 7.17. The number of piperazine rings is 1. The summed E-state index contributed by atoms with van der Waals surface area (Å²) in [5.41, 5.74) is 2.21. The number of sulfonamides is 1. The van der Waals surface area contributed by atoms with Gasteiger partial charge in [0.15, 0.2) is 0 Å². The van der Waals surface area contributed by atoms with E-state index in [1.165, 1.54) is 4.88 Å². The van der Waals surface area contributed by atoms with Crippen molar-refractivity contribution in [3.05, 3.63) is 81.5 Å². The monoisotopic (exact) mass is 483 g/mol. The van der Waals surface area contributed by atoms with E-state index >= 15 is 0 Å². The summed E-state index contributed by atoms with van der Waals surface area (Å²) in [7, 11) is -3.82. The average molecular weight is 484 g/mol. The molecule has 174 valence electrons. The fourth-order valence-electron chi connectivity index (χ4n) is 4.02. The lowest BCUT2D eigenvalue weighted by Gasteiger charge is -2.35. The predicted molar refractivity (Wildman–Crippen MR) is 134 cm³/mol. The molecule has 0 spiro atoms. The maximum absolute atomic E-state index is 13.3. The lowest BCUT2D eigenvalue weighted by molar-refractivity contribution is 0.0640. The Bertz CT molecular complexity index is 1220. The molecule has 1 aromatic heterocycles. The van der Waals surface area contributed by atoms with Crippen molar-refractivity contribution in [1.82, 2.24) is 9.80 Å². The number of amides is 1. The molecule has 0 saturated carbocycles. The summed E-state index contributed by atoms with van der Waals surface area (Å²) < 4.78 is 28.8. The summed E-state index contributed by atoms with van der Waals surface area (Å²) in [4.78, 5) is 19.1. The quantitative estimate of drug-likeness (QED) is 0.548. The molecule has 1 fully saturated rings. The zero-order chi connectivity index (χ0) is 23.4.